The largest absolute Gasteiger partial charge is 0.401 e. The number of fused-ring (bicyclic) bond motifs is 3. The molecule has 0 radical (unpaired) electrons. The average molecular weight is 404 g/mol. The third kappa shape index (κ3) is 3.16. The van der Waals surface area contributed by atoms with Crippen molar-refractivity contribution in [3.05, 3.63) is 83.2 Å². The van der Waals surface area contributed by atoms with Gasteiger partial charge in [0.2, 0.25) is 0 Å². The van der Waals surface area contributed by atoms with E-state index in [9.17, 15) is 4.39 Å². The molecular weight excluding hydrogens is 379 g/mol. The van der Waals surface area contributed by atoms with E-state index in [1.165, 1.54) is 12.1 Å². The molecule has 2 atom stereocenters. The second-order valence-corrected chi connectivity index (χ2v) is 7.72. The summed E-state index contributed by atoms with van der Waals surface area (Å²) in [6.45, 7) is 4.53. The van der Waals surface area contributed by atoms with Gasteiger partial charge in [0.1, 0.15) is 23.2 Å². The number of hydrogen-bond donors (Lipinski definition) is 2. The number of allylic oxidation sites excluding steroid dienone is 4. The van der Waals surface area contributed by atoms with Crippen LogP contribution in [-0.2, 0) is 0 Å². The van der Waals surface area contributed by atoms with Crippen LogP contribution in [0.1, 0.15) is 19.4 Å². The zero-order chi connectivity index (χ0) is 21.5. The molecule has 4 rings (SSSR count). The molecule has 0 spiro atoms. The summed E-state index contributed by atoms with van der Waals surface area (Å²) in [5, 5.41) is 0. The van der Waals surface area contributed by atoms with Crippen molar-refractivity contribution < 1.29 is 4.39 Å². The molecule has 2 aliphatic heterocycles. The topological polar surface area (TPSA) is 92.4 Å². The Morgan fingerprint density at radius 1 is 1.27 bits per heavy atom. The van der Waals surface area contributed by atoms with Crippen molar-refractivity contribution in [2.75, 3.05) is 13.6 Å². The number of halogens is 1. The molecule has 7 heteroatoms. The summed E-state index contributed by atoms with van der Waals surface area (Å²) >= 11 is 0. The molecule has 6 nitrogen and oxygen atoms in total. The average Bonchev–Trinajstić information content (AvgIpc) is 2.99. The molecule has 0 fully saturated rings. The maximum absolute atomic E-state index is 13.3. The SMILES string of the molecule is CN=C(C=C(N)CN1C(C)=NC2=C(N)N=C3C=CC=CC3C21C)c1ccc(F)cc1. The minimum atomic E-state index is -0.482. The van der Waals surface area contributed by atoms with Gasteiger partial charge in [-0.15, -0.1) is 0 Å². The molecule has 1 aromatic rings. The van der Waals surface area contributed by atoms with Gasteiger partial charge in [0, 0.05) is 18.7 Å². The Morgan fingerprint density at radius 2 is 2.00 bits per heavy atom. The van der Waals surface area contributed by atoms with E-state index >= 15 is 0 Å². The number of amidine groups is 1. The van der Waals surface area contributed by atoms with Crippen LogP contribution < -0.4 is 11.5 Å². The molecule has 0 saturated heterocycles. The van der Waals surface area contributed by atoms with Gasteiger partial charge in [-0.2, -0.15) is 0 Å². The zero-order valence-corrected chi connectivity index (χ0v) is 17.3. The molecule has 2 unspecified atom stereocenters. The number of benzene rings is 1. The van der Waals surface area contributed by atoms with E-state index < -0.39 is 5.54 Å². The fourth-order valence-corrected chi connectivity index (χ4v) is 4.32. The summed E-state index contributed by atoms with van der Waals surface area (Å²) in [7, 11) is 1.69. The smallest absolute Gasteiger partial charge is 0.148 e. The molecule has 3 aliphatic rings. The third-order valence-corrected chi connectivity index (χ3v) is 5.85. The highest BCUT2D eigenvalue weighted by molar-refractivity contribution is 6.09. The summed E-state index contributed by atoms with van der Waals surface area (Å²) in [5.41, 5.74) is 16.0. The van der Waals surface area contributed by atoms with Gasteiger partial charge < -0.3 is 16.4 Å². The number of nitrogens with two attached hydrogens (primary N) is 2. The number of aliphatic imine (C=N–C) groups is 3. The Labute approximate surface area is 175 Å². The molecule has 30 heavy (non-hydrogen) atoms. The van der Waals surface area contributed by atoms with Crippen molar-refractivity contribution in [3.63, 3.8) is 0 Å². The van der Waals surface area contributed by atoms with Crippen molar-refractivity contribution in [1.82, 2.24) is 4.90 Å². The van der Waals surface area contributed by atoms with Crippen molar-refractivity contribution >= 4 is 17.3 Å². The normalized spacial score (nSPS) is 25.9. The molecular formula is C23H25FN6. The number of rotatable bonds is 4. The second-order valence-electron chi connectivity index (χ2n) is 7.72. The first-order valence-corrected chi connectivity index (χ1v) is 9.80. The zero-order valence-electron chi connectivity index (χ0n) is 17.3. The highest BCUT2D eigenvalue weighted by Gasteiger charge is 2.51. The van der Waals surface area contributed by atoms with E-state index in [0.29, 0.717) is 23.8 Å². The van der Waals surface area contributed by atoms with Crippen molar-refractivity contribution in [3.8, 4) is 0 Å². The van der Waals surface area contributed by atoms with Gasteiger partial charge >= 0.3 is 0 Å². The number of nitrogens with zero attached hydrogens (tertiary/aromatic N) is 4. The first-order chi connectivity index (χ1) is 14.3. The maximum atomic E-state index is 13.3. The van der Waals surface area contributed by atoms with E-state index in [1.807, 2.05) is 31.2 Å². The molecule has 0 aromatic heterocycles. The van der Waals surface area contributed by atoms with E-state index in [-0.39, 0.29) is 11.7 Å². The highest BCUT2D eigenvalue weighted by atomic mass is 19.1. The van der Waals surface area contributed by atoms with Crippen LogP contribution in [0.3, 0.4) is 0 Å². The Kier molecular flexibility index (Phi) is 4.89. The van der Waals surface area contributed by atoms with Crippen LogP contribution in [0, 0.1) is 11.7 Å². The van der Waals surface area contributed by atoms with Crippen LogP contribution in [0.2, 0.25) is 0 Å². The molecule has 0 saturated carbocycles. The molecule has 4 N–H and O–H groups in total. The van der Waals surface area contributed by atoms with Gasteiger partial charge in [-0.25, -0.2) is 14.4 Å². The predicted octanol–water partition coefficient (Wildman–Crippen LogP) is 2.90. The van der Waals surface area contributed by atoms with E-state index in [4.69, 9.17) is 16.5 Å². The molecule has 2 heterocycles. The fraction of sp³-hybridized carbons (Fsp3) is 0.261. The van der Waals surface area contributed by atoms with Gasteiger partial charge in [-0.05, 0) is 55.8 Å². The molecule has 1 aromatic carbocycles. The van der Waals surface area contributed by atoms with Crippen LogP contribution in [0.15, 0.2) is 86.8 Å². The Balaban J connectivity index is 1.66. The summed E-state index contributed by atoms with van der Waals surface area (Å²) in [6.07, 6.45) is 9.93. The van der Waals surface area contributed by atoms with Gasteiger partial charge in [0.25, 0.3) is 0 Å². The van der Waals surface area contributed by atoms with Gasteiger partial charge in [-0.3, -0.25) is 4.99 Å². The molecule has 0 bridgehead atoms. The second kappa shape index (κ2) is 7.40. The highest BCUT2D eigenvalue weighted by Crippen LogP contribution is 2.44. The Morgan fingerprint density at radius 3 is 2.70 bits per heavy atom. The Bertz CT molecular complexity index is 1090. The molecule has 0 amide bonds. The maximum Gasteiger partial charge on any atom is 0.148 e. The van der Waals surface area contributed by atoms with Crippen molar-refractivity contribution in [2.24, 2.45) is 32.4 Å². The lowest BCUT2D eigenvalue weighted by atomic mass is 9.75. The summed E-state index contributed by atoms with van der Waals surface area (Å²) in [4.78, 5) is 15.8. The van der Waals surface area contributed by atoms with Crippen molar-refractivity contribution in [1.29, 1.82) is 0 Å². The van der Waals surface area contributed by atoms with E-state index in [1.54, 1.807) is 19.2 Å². The lowest BCUT2D eigenvalue weighted by Gasteiger charge is -2.44. The summed E-state index contributed by atoms with van der Waals surface area (Å²) in [5.74, 6) is 1.01. The first kappa shape index (κ1) is 19.8. The van der Waals surface area contributed by atoms with Crippen LogP contribution in [0.25, 0.3) is 0 Å². The minimum absolute atomic E-state index is 0.0233. The Hall–Kier alpha value is -3.48. The van der Waals surface area contributed by atoms with Crippen LogP contribution in [0.5, 0.6) is 0 Å². The van der Waals surface area contributed by atoms with Crippen molar-refractivity contribution in [2.45, 2.75) is 19.4 Å². The van der Waals surface area contributed by atoms with Gasteiger partial charge in [-0.1, -0.05) is 18.2 Å². The standard InChI is InChI=1S/C23H25FN6/c1-14-28-21-22(26)29-19-7-5-4-6-18(19)23(21,2)30(14)13-17(25)12-20(27-3)15-8-10-16(24)11-9-15/h4-12,18H,13,25-26H2,1-3H3. The van der Waals surface area contributed by atoms with E-state index in [2.05, 4.69) is 27.9 Å². The van der Waals surface area contributed by atoms with E-state index in [0.717, 1.165) is 22.8 Å². The predicted molar refractivity (Wildman–Crippen MR) is 120 cm³/mol. The molecule has 1 aliphatic carbocycles. The van der Waals surface area contributed by atoms with Crippen LogP contribution >= 0.6 is 0 Å². The van der Waals surface area contributed by atoms with Crippen LogP contribution in [-0.4, -0.2) is 41.3 Å². The van der Waals surface area contributed by atoms with Gasteiger partial charge in [0.15, 0.2) is 0 Å². The first-order valence-electron chi connectivity index (χ1n) is 9.80. The minimum Gasteiger partial charge on any atom is -0.401 e. The lowest BCUT2D eigenvalue weighted by molar-refractivity contribution is 0.233. The lowest BCUT2D eigenvalue weighted by Crippen LogP contribution is -2.55. The van der Waals surface area contributed by atoms with Gasteiger partial charge in [0.05, 0.1) is 23.5 Å². The summed E-state index contributed by atoms with van der Waals surface area (Å²) < 4.78 is 13.3. The monoisotopic (exact) mass is 404 g/mol. The summed E-state index contributed by atoms with van der Waals surface area (Å²) in [6, 6.07) is 6.20. The van der Waals surface area contributed by atoms with Crippen LogP contribution in [0.4, 0.5) is 4.39 Å². The quantitative estimate of drug-likeness (QED) is 0.756. The third-order valence-electron chi connectivity index (χ3n) is 5.85. The fourth-order valence-electron chi connectivity index (χ4n) is 4.32. The number of hydrogen-bond acceptors (Lipinski definition) is 6. The molecule has 154 valence electrons.